The van der Waals surface area contributed by atoms with Gasteiger partial charge in [-0.05, 0) is 31.2 Å². The molecule has 0 saturated carbocycles. The molecule has 0 spiro atoms. The Hall–Kier alpha value is -0.820. The van der Waals surface area contributed by atoms with Gasteiger partial charge in [0.05, 0.1) is 6.61 Å². The molecule has 0 atom stereocenters. The van der Waals surface area contributed by atoms with Crippen molar-refractivity contribution in [2.24, 2.45) is 4.99 Å². The third-order valence-corrected chi connectivity index (χ3v) is 3.68. The van der Waals surface area contributed by atoms with Crippen LogP contribution in [0.5, 0.6) is 0 Å². The van der Waals surface area contributed by atoms with Crippen LogP contribution in [0.3, 0.4) is 0 Å². The maximum absolute atomic E-state index is 5.69. The van der Waals surface area contributed by atoms with Gasteiger partial charge in [0.2, 0.25) is 0 Å². The summed E-state index contributed by atoms with van der Waals surface area (Å²) in [4.78, 5) is 4.23. The van der Waals surface area contributed by atoms with E-state index in [9.17, 15) is 0 Å². The van der Waals surface area contributed by atoms with Gasteiger partial charge in [0.25, 0.3) is 0 Å². The Labute approximate surface area is 164 Å². The van der Waals surface area contributed by atoms with E-state index in [0.29, 0.717) is 0 Å². The highest BCUT2D eigenvalue weighted by molar-refractivity contribution is 14.0. The van der Waals surface area contributed by atoms with Crippen LogP contribution in [0.2, 0.25) is 0 Å². The molecule has 1 rings (SSSR count). The van der Waals surface area contributed by atoms with Gasteiger partial charge in [0.15, 0.2) is 5.96 Å². The van der Waals surface area contributed by atoms with Crippen LogP contribution in [0.15, 0.2) is 35.3 Å². The van der Waals surface area contributed by atoms with Gasteiger partial charge in [0.1, 0.15) is 0 Å². The van der Waals surface area contributed by atoms with Crippen LogP contribution in [0, 0.1) is 0 Å². The van der Waals surface area contributed by atoms with E-state index in [0.717, 1.165) is 51.5 Å². The van der Waals surface area contributed by atoms with Crippen molar-refractivity contribution in [1.82, 2.24) is 10.6 Å². The summed E-state index contributed by atoms with van der Waals surface area (Å²) in [5.41, 5.74) is 1.34. The molecule has 0 fully saturated rings. The van der Waals surface area contributed by atoms with Gasteiger partial charge in [-0.1, -0.05) is 50.1 Å². The molecule has 0 unspecified atom stereocenters. The van der Waals surface area contributed by atoms with Crippen LogP contribution < -0.4 is 10.6 Å². The second kappa shape index (κ2) is 17.0. The van der Waals surface area contributed by atoms with Crippen LogP contribution in [0.25, 0.3) is 0 Å². The molecule has 0 aromatic heterocycles. The standard InChI is InChI=1S/C19H33N3O.HI/c1-3-4-8-14-21-19(20-2)22-15-9-10-16-23-17-13-18-11-6-5-7-12-18;/h5-7,11-12H,3-4,8-10,13-17H2,1-2H3,(H2,20,21,22);1H. The lowest BCUT2D eigenvalue weighted by atomic mass is 10.2. The zero-order chi connectivity index (χ0) is 16.6. The Morgan fingerprint density at radius 2 is 1.62 bits per heavy atom. The van der Waals surface area contributed by atoms with E-state index in [1.165, 1.54) is 24.8 Å². The number of guanidine groups is 1. The first-order valence-electron chi connectivity index (χ1n) is 8.93. The minimum Gasteiger partial charge on any atom is -0.381 e. The van der Waals surface area contributed by atoms with Crippen molar-refractivity contribution in [3.63, 3.8) is 0 Å². The molecule has 4 nitrogen and oxygen atoms in total. The number of aliphatic imine (C=N–C) groups is 1. The first-order chi connectivity index (χ1) is 11.4. The Morgan fingerprint density at radius 1 is 0.958 bits per heavy atom. The summed E-state index contributed by atoms with van der Waals surface area (Å²) in [7, 11) is 1.82. The predicted molar refractivity (Wildman–Crippen MR) is 115 cm³/mol. The molecule has 0 aliphatic carbocycles. The number of ether oxygens (including phenoxy) is 1. The topological polar surface area (TPSA) is 45.7 Å². The molecular weight excluding hydrogens is 413 g/mol. The maximum Gasteiger partial charge on any atom is 0.190 e. The summed E-state index contributed by atoms with van der Waals surface area (Å²) in [5, 5.41) is 6.69. The number of nitrogens with one attached hydrogen (secondary N) is 2. The number of benzene rings is 1. The summed E-state index contributed by atoms with van der Waals surface area (Å²) in [6, 6.07) is 10.5. The zero-order valence-electron chi connectivity index (χ0n) is 15.2. The van der Waals surface area contributed by atoms with Crippen molar-refractivity contribution in [1.29, 1.82) is 0 Å². The van der Waals surface area contributed by atoms with Gasteiger partial charge in [-0.2, -0.15) is 0 Å². The average molecular weight is 447 g/mol. The molecular formula is C19H34IN3O. The van der Waals surface area contributed by atoms with Crippen molar-refractivity contribution in [2.75, 3.05) is 33.4 Å². The summed E-state index contributed by atoms with van der Waals surface area (Å²) < 4.78 is 5.69. The number of hydrogen-bond donors (Lipinski definition) is 2. The lowest BCUT2D eigenvalue weighted by Crippen LogP contribution is -2.38. The van der Waals surface area contributed by atoms with Crippen molar-refractivity contribution in [3.8, 4) is 0 Å². The van der Waals surface area contributed by atoms with Crippen molar-refractivity contribution in [2.45, 2.75) is 45.4 Å². The maximum atomic E-state index is 5.69. The Morgan fingerprint density at radius 3 is 2.25 bits per heavy atom. The van der Waals surface area contributed by atoms with E-state index >= 15 is 0 Å². The molecule has 0 aliphatic heterocycles. The SMILES string of the molecule is CCCCCNC(=NC)NCCCCOCCc1ccccc1.I. The molecule has 0 saturated heterocycles. The number of hydrogen-bond acceptors (Lipinski definition) is 2. The molecule has 0 bridgehead atoms. The van der Waals surface area contributed by atoms with Gasteiger partial charge in [-0.25, -0.2) is 0 Å². The van der Waals surface area contributed by atoms with Gasteiger partial charge in [-0.15, -0.1) is 24.0 Å². The van der Waals surface area contributed by atoms with E-state index in [1.807, 2.05) is 13.1 Å². The second-order valence-corrected chi connectivity index (χ2v) is 5.69. The summed E-state index contributed by atoms with van der Waals surface area (Å²) in [5.74, 6) is 0.908. The highest BCUT2D eigenvalue weighted by Crippen LogP contribution is 2.00. The number of halogens is 1. The molecule has 0 heterocycles. The van der Waals surface area contributed by atoms with Gasteiger partial charge in [0, 0.05) is 26.7 Å². The average Bonchev–Trinajstić information content (AvgIpc) is 2.60. The monoisotopic (exact) mass is 447 g/mol. The number of unbranched alkanes of at least 4 members (excludes halogenated alkanes) is 3. The zero-order valence-corrected chi connectivity index (χ0v) is 17.6. The highest BCUT2D eigenvalue weighted by Gasteiger charge is 1.97. The fraction of sp³-hybridized carbons (Fsp3) is 0.632. The first kappa shape index (κ1) is 23.2. The van der Waals surface area contributed by atoms with Crippen LogP contribution in [-0.2, 0) is 11.2 Å². The Kier molecular flexibility index (Phi) is 16.4. The highest BCUT2D eigenvalue weighted by atomic mass is 127. The third kappa shape index (κ3) is 12.6. The van der Waals surface area contributed by atoms with Crippen LogP contribution in [0.4, 0.5) is 0 Å². The Bertz CT molecular complexity index is 412. The van der Waals surface area contributed by atoms with Gasteiger partial charge in [-0.3, -0.25) is 4.99 Å². The van der Waals surface area contributed by atoms with Crippen LogP contribution in [-0.4, -0.2) is 39.3 Å². The van der Waals surface area contributed by atoms with E-state index in [-0.39, 0.29) is 24.0 Å². The van der Waals surface area contributed by atoms with Crippen LogP contribution in [0.1, 0.15) is 44.6 Å². The number of rotatable bonds is 12. The van der Waals surface area contributed by atoms with E-state index in [4.69, 9.17) is 4.74 Å². The molecule has 1 aromatic carbocycles. The predicted octanol–water partition coefficient (Wildman–Crippen LogP) is 4.00. The molecule has 5 heteroatoms. The fourth-order valence-electron chi connectivity index (χ4n) is 2.28. The largest absolute Gasteiger partial charge is 0.381 e. The van der Waals surface area contributed by atoms with Crippen molar-refractivity contribution in [3.05, 3.63) is 35.9 Å². The first-order valence-corrected chi connectivity index (χ1v) is 8.93. The summed E-state index contributed by atoms with van der Waals surface area (Å²) >= 11 is 0. The van der Waals surface area contributed by atoms with Gasteiger partial charge >= 0.3 is 0 Å². The Balaban J connectivity index is 0.00000529. The third-order valence-electron chi connectivity index (χ3n) is 3.68. The summed E-state index contributed by atoms with van der Waals surface area (Å²) in [6.07, 6.45) is 6.89. The van der Waals surface area contributed by atoms with Crippen molar-refractivity contribution < 1.29 is 4.74 Å². The molecule has 1 aromatic rings. The van der Waals surface area contributed by atoms with Crippen molar-refractivity contribution >= 4 is 29.9 Å². The molecule has 24 heavy (non-hydrogen) atoms. The minimum atomic E-state index is 0. The molecule has 0 aliphatic rings. The van der Waals surface area contributed by atoms with Crippen LogP contribution >= 0.6 is 24.0 Å². The van der Waals surface area contributed by atoms with E-state index < -0.39 is 0 Å². The van der Waals surface area contributed by atoms with Gasteiger partial charge < -0.3 is 15.4 Å². The molecule has 0 amide bonds. The second-order valence-electron chi connectivity index (χ2n) is 5.69. The minimum absolute atomic E-state index is 0. The lowest BCUT2D eigenvalue weighted by Gasteiger charge is -2.11. The quantitative estimate of drug-likeness (QED) is 0.220. The molecule has 2 N–H and O–H groups in total. The molecule has 138 valence electrons. The lowest BCUT2D eigenvalue weighted by molar-refractivity contribution is 0.133. The summed E-state index contributed by atoms with van der Waals surface area (Å²) in [6.45, 7) is 5.79. The molecule has 0 radical (unpaired) electrons. The smallest absolute Gasteiger partial charge is 0.190 e. The fourth-order valence-corrected chi connectivity index (χ4v) is 2.28. The normalized spacial score (nSPS) is 11.0. The number of nitrogens with zero attached hydrogens (tertiary/aromatic N) is 1. The van der Waals surface area contributed by atoms with E-state index in [1.54, 1.807) is 0 Å². The van der Waals surface area contributed by atoms with E-state index in [2.05, 4.69) is 46.8 Å².